The zero-order valence-electron chi connectivity index (χ0n) is 14.0. The standard InChI is InChI=1S/C14H19N3O7S2/c1-24-14(19)10-25-8-5-13(18)15-6-7-16-26(22,23)12-4-2-3-11(9-12)17(20)21/h2-4,9,16H,5-8,10H2,1H3,(H,15,18). The molecular weight excluding hydrogens is 386 g/mol. The molecule has 0 heterocycles. The summed E-state index contributed by atoms with van der Waals surface area (Å²) in [4.78, 5) is 32.3. The van der Waals surface area contributed by atoms with Gasteiger partial charge in [0.2, 0.25) is 15.9 Å². The third-order valence-corrected chi connectivity index (χ3v) is 5.39. The molecule has 0 bridgehead atoms. The van der Waals surface area contributed by atoms with Crippen LogP contribution in [0.2, 0.25) is 0 Å². The van der Waals surface area contributed by atoms with Gasteiger partial charge in [0.25, 0.3) is 5.69 Å². The van der Waals surface area contributed by atoms with Crippen LogP contribution in [0.4, 0.5) is 5.69 Å². The molecule has 0 unspecified atom stereocenters. The van der Waals surface area contributed by atoms with Gasteiger partial charge in [-0.1, -0.05) is 6.07 Å². The SMILES string of the molecule is COC(=O)CSCCC(=O)NCCNS(=O)(=O)c1cccc([N+](=O)[O-])c1. The number of amides is 1. The molecule has 0 spiro atoms. The maximum atomic E-state index is 12.1. The molecule has 0 aliphatic carbocycles. The van der Waals surface area contributed by atoms with Crippen molar-refractivity contribution in [2.75, 3.05) is 31.7 Å². The summed E-state index contributed by atoms with van der Waals surface area (Å²) in [6.45, 7) is 0.000721. The number of esters is 1. The fourth-order valence-corrected chi connectivity index (χ4v) is 3.53. The summed E-state index contributed by atoms with van der Waals surface area (Å²) in [5.74, 6) is -0.0597. The summed E-state index contributed by atoms with van der Waals surface area (Å²) in [6.07, 6.45) is 0.180. The molecule has 144 valence electrons. The van der Waals surface area contributed by atoms with Crippen molar-refractivity contribution in [1.82, 2.24) is 10.0 Å². The summed E-state index contributed by atoms with van der Waals surface area (Å²) in [6, 6.07) is 4.67. The number of nitro groups is 1. The molecular formula is C14H19N3O7S2. The first kappa shape index (κ1) is 21.9. The van der Waals surface area contributed by atoms with Crippen LogP contribution in [0.1, 0.15) is 6.42 Å². The van der Waals surface area contributed by atoms with Crippen molar-refractivity contribution in [3.63, 3.8) is 0 Å². The van der Waals surface area contributed by atoms with Crippen molar-refractivity contribution >= 4 is 39.3 Å². The molecule has 10 nitrogen and oxygen atoms in total. The molecule has 0 aromatic heterocycles. The molecule has 1 aromatic rings. The number of nitrogens with zero attached hydrogens (tertiary/aromatic N) is 1. The third-order valence-electron chi connectivity index (χ3n) is 3.00. The van der Waals surface area contributed by atoms with E-state index in [2.05, 4.69) is 14.8 Å². The van der Waals surface area contributed by atoms with Crippen molar-refractivity contribution < 1.29 is 27.7 Å². The Kier molecular flexibility index (Phi) is 9.02. The molecule has 0 atom stereocenters. The highest BCUT2D eigenvalue weighted by atomic mass is 32.2. The zero-order chi connectivity index (χ0) is 19.6. The summed E-state index contributed by atoms with van der Waals surface area (Å²) in [7, 11) is -2.63. The molecule has 2 N–H and O–H groups in total. The van der Waals surface area contributed by atoms with E-state index in [0.717, 1.165) is 6.07 Å². The number of benzene rings is 1. The van der Waals surface area contributed by atoms with Gasteiger partial charge in [0.1, 0.15) is 0 Å². The van der Waals surface area contributed by atoms with E-state index >= 15 is 0 Å². The Bertz CT molecular complexity index is 753. The highest BCUT2D eigenvalue weighted by Crippen LogP contribution is 2.16. The Morgan fingerprint density at radius 3 is 2.69 bits per heavy atom. The summed E-state index contributed by atoms with van der Waals surface area (Å²) >= 11 is 1.26. The van der Waals surface area contributed by atoms with Crippen LogP contribution in [0, 0.1) is 10.1 Å². The number of methoxy groups -OCH3 is 1. The zero-order valence-corrected chi connectivity index (χ0v) is 15.6. The van der Waals surface area contributed by atoms with E-state index in [1.165, 1.54) is 37.1 Å². The van der Waals surface area contributed by atoms with E-state index in [9.17, 15) is 28.1 Å². The lowest BCUT2D eigenvalue weighted by molar-refractivity contribution is -0.385. The van der Waals surface area contributed by atoms with Crippen LogP contribution < -0.4 is 10.0 Å². The van der Waals surface area contributed by atoms with E-state index in [0.29, 0.717) is 5.75 Å². The van der Waals surface area contributed by atoms with E-state index in [1.807, 2.05) is 0 Å². The van der Waals surface area contributed by atoms with E-state index in [1.54, 1.807) is 0 Å². The molecule has 1 rings (SSSR count). The van der Waals surface area contributed by atoms with Crippen LogP contribution >= 0.6 is 11.8 Å². The minimum atomic E-state index is -3.91. The van der Waals surface area contributed by atoms with Gasteiger partial charge in [-0.05, 0) is 6.07 Å². The monoisotopic (exact) mass is 405 g/mol. The molecule has 12 heteroatoms. The lowest BCUT2D eigenvalue weighted by Gasteiger charge is -2.08. The first-order valence-corrected chi connectivity index (χ1v) is 10.1. The van der Waals surface area contributed by atoms with Crippen molar-refractivity contribution in [2.24, 2.45) is 0 Å². The Morgan fingerprint density at radius 1 is 1.31 bits per heavy atom. The number of hydrogen-bond acceptors (Lipinski definition) is 8. The molecule has 1 aromatic carbocycles. The van der Waals surface area contributed by atoms with E-state index in [-0.39, 0.29) is 47.7 Å². The van der Waals surface area contributed by atoms with Crippen LogP contribution in [0.5, 0.6) is 0 Å². The first-order valence-electron chi connectivity index (χ1n) is 7.41. The van der Waals surface area contributed by atoms with Crippen LogP contribution in [0.15, 0.2) is 29.2 Å². The number of sulfonamides is 1. The van der Waals surface area contributed by atoms with Gasteiger partial charge in [0.05, 0.1) is 22.7 Å². The highest BCUT2D eigenvalue weighted by molar-refractivity contribution is 7.99. The maximum Gasteiger partial charge on any atom is 0.315 e. The van der Waals surface area contributed by atoms with E-state index in [4.69, 9.17) is 0 Å². The second-order valence-electron chi connectivity index (χ2n) is 4.88. The van der Waals surface area contributed by atoms with Crippen LogP contribution in [-0.2, 0) is 24.3 Å². The maximum absolute atomic E-state index is 12.1. The summed E-state index contributed by atoms with van der Waals surface area (Å²) < 4.78 is 30.8. The minimum absolute atomic E-state index is 0.0634. The predicted octanol–water partition coefficient (Wildman–Crippen LogP) is 0.286. The fourth-order valence-electron chi connectivity index (χ4n) is 1.70. The average Bonchev–Trinajstić information content (AvgIpc) is 2.62. The second kappa shape index (κ2) is 10.7. The van der Waals surface area contributed by atoms with Crippen molar-refractivity contribution in [3.8, 4) is 0 Å². The number of carbonyl (C=O) groups is 2. The Hall–Kier alpha value is -2.18. The Labute approximate surface area is 154 Å². The summed E-state index contributed by atoms with van der Waals surface area (Å²) in [5.41, 5.74) is -0.328. The lowest BCUT2D eigenvalue weighted by Crippen LogP contribution is -2.34. The fraction of sp³-hybridized carbons (Fsp3) is 0.429. The summed E-state index contributed by atoms with van der Waals surface area (Å²) in [5, 5.41) is 13.2. The molecule has 0 fully saturated rings. The lowest BCUT2D eigenvalue weighted by atomic mass is 10.3. The molecule has 26 heavy (non-hydrogen) atoms. The highest BCUT2D eigenvalue weighted by Gasteiger charge is 2.17. The third kappa shape index (κ3) is 7.80. The molecule has 0 saturated heterocycles. The van der Waals surface area contributed by atoms with Gasteiger partial charge in [0.15, 0.2) is 0 Å². The number of non-ortho nitro benzene ring substituents is 1. The van der Waals surface area contributed by atoms with E-state index < -0.39 is 14.9 Å². The molecule has 0 saturated carbocycles. The Balaban J connectivity index is 2.34. The van der Waals surface area contributed by atoms with Gasteiger partial charge >= 0.3 is 5.97 Å². The number of nitrogens with one attached hydrogen (secondary N) is 2. The number of hydrogen-bond donors (Lipinski definition) is 2. The van der Waals surface area contributed by atoms with Crippen molar-refractivity contribution in [2.45, 2.75) is 11.3 Å². The predicted molar refractivity (Wildman–Crippen MR) is 95.3 cm³/mol. The van der Waals surface area contributed by atoms with Crippen LogP contribution in [-0.4, -0.2) is 56.9 Å². The van der Waals surface area contributed by atoms with Crippen molar-refractivity contribution in [1.29, 1.82) is 0 Å². The molecule has 0 radical (unpaired) electrons. The van der Waals surface area contributed by atoms with Crippen LogP contribution in [0.3, 0.4) is 0 Å². The van der Waals surface area contributed by atoms with Gasteiger partial charge < -0.3 is 10.1 Å². The largest absolute Gasteiger partial charge is 0.468 e. The second-order valence-corrected chi connectivity index (χ2v) is 7.75. The Morgan fingerprint density at radius 2 is 2.04 bits per heavy atom. The minimum Gasteiger partial charge on any atom is -0.468 e. The first-order chi connectivity index (χ1) is 12.3. The topological polar surface area (TPSA) is 145 Å². The number of rotatable bonds is 11. The quantitative estimate of drug-likeness (QED) is 0.231. The number of ether oxygens (including phenoxy) is 1. The smallest absolute Gasteiger partial charge is 0.315 e. The van der Waals surface area contributed by atoms with Crippen molar-refractivity contribution in [3.05, 3.63) is 34.4 Å². The number of thioether (sulfide) groups is 1. The number of carbonyl (C=O) groups excluding carboxylic acids is 2. The molecule has 0 aliphatic rings. The average molecular weight is 405 g/mol. The van der Waals surface area contributed by atoms with Gasteiger partial charge in [0, 0.05) is 37.4 Å². The normalized spacial score (nSPS) is 11.0. The molecule has 1 amide bonds. The van der Waals surface area contributed by atoms with Gasteiger partial charge in [-0.25, -0.2) is 13.1 Å². The van der Waals surface area contributed by atoms with Gasteiger partial charge in [-0.2, -0.15) is 0 Å². The number of nitro benzene ring substituents is 1. The van der Waals surface area contributed by atoms with Gasteiger partial charge in [-0.3, -0.25) is 19.7 Å². The van der Waals surface area contributed by atoms with Crippen LogP contribution in [0.25, 0.3) is 0 Å². The van der Waals surface area contributed by atoms with Gasteiger partial charge in [-0.15, -0.1) is 11.8 Å². The molecule has 0 aliphatic heterocycles.